The van der Waals surface area contributed by atoms with Crippen LogP contribution < -0.4 is 9.47 Å². The quantitative estimate of drug-likeness (QED) is 0.675. The van der Waals surface area contributed by atoms with Gasteiger partial charge in [0.2, 0.25) is 0 Å². The van der Waals surface area contributed by atoms with Gasteiger partial charge in [-0.25, -0.2) is 4.98 Å². The molecule has 2 atom stereocenters. The van der Waals surface area contributed by atoms with Gasteiger partial charge in [0, 0.05) is 36.0 Å². The number of benzene rings is 2. The second kappa shape index (κ2) is 7.60. The molecule has 0 aliphatic carbocycles. The number of ether oxygens (including phenoxy) is 2. The Kier molecular flexibility index (Phi) is 5.01. The number of carbonyl (C=O) groups excluding carboxylic acids is 1. The first-order valence-corrected chi connectivity index (χ1v) is 9.46. The largest absolute Gasteiger partial charge is 0.497 e. The monoisotopic (exact) mass is 376 g/mol. The van der Waals surface area contributed by atoms with Crippen molar-refractivity contribution in [1.82, 2.24) is 9.88 Å². The zero-order chi connectivity index (χ0) is 19.7. The fraction of sp³-hybridized carbons (Fsp3) is 0.304. The lowest BCUT2D eigenvalue weighted by Gasteiger charge is -2.17. The van der Waals surface area contributed by atoms with Crippen LogP contribution in [-0.4, -0.2) is 48.5 Å². The molecule has 1 fully saturated rings. The number of likely N-dealkylation sites (N-methyl/N-ethyl adjacent to an activating group) is 1. The van der Waals surface area contributed by atoms with Crippen LogP contribution in [0.5, 0.6) is 11.5 Å². The first kappa shape index (κ1) is 18.4. The van der Waals surface area contributed by atoms with Crippen molar-refractivity contribution in [3.8, 4) is 22.8 Å². The van der Waals surface area contributed by atoms with E-state index in [9.17, 15) is 4.79 Å². The first-order chi connectivity index (χ1) is 13.5. The number of fused-ring (bicyclic) bond motifs is 1. The highest BCUT2D eigenvalue weighted by molar-refractivity contribution is 5.89. The fourth-order valence-corrected chi connectivity index (χ4v) is 3.85. The van der Waals surface area contributed by atoms with Gasteiger partial charge < -0.3 is 9.47 Å². The maximum atomic E-state index is 11.9. The average molecular weight is 376 g/mol. The van der Waals surface area contributed by atoms with Gasteiger partial charge in [-0.1, -0.05) is 30.3 Å². The molecule has 144 valence electrons. The maximum Gasteiger partial charge on any atom is 0.147 e. The van der Waals surface area contributed by atoms with E-state index in [0.717, 1.165) is 40.2 Å². The topological polar surface area (TPSA) is 51.7 Å². The number of likely N-dealkylation sites (tertiary alicyclic amines) is 1. The van der Waals surface area contributed by atoms with Crippen LogP contribution in [0.3, 0.4) is 0 Å². The molecule has 2 unspecified atom stereocenters. The Morgan fingerprint density at radius 1 is 1.14 bits per heavy atom. The van der Waals surface area contributed by atoms with E-state index in [1.54, 1.807) is 14.0 Å². The number of aromatic nitrogens is 1. The van der Waals surface area contributed by atoms with E-state index in [2.05, 4.69) is 4.90 Å². The molecular weight excluding hydrogens is 352 g/mol. The van der Waals surface area contributed by atoms with Gasteiger partial charge >= 0.3 is 0 Å². The van der Waals surface area contributed by atoms with Crippen molar-refractivity contribution in [2.45, 2.75) is 25.5 Å². The molecule has 5 nitrogen and oxygen atoms in total. The fourth-order valence-electron chi connectivity index (χ4n) is 3.85. The summed E-state index contributed by atoms with van der Waals surface area (Å²) >= 11 is 0. The van der Waals surface area contributed by atoms with Crippen molar-refractivity contribution >= 4 is 16.7 Å². The van der Waals surface area contributed by atoms with Gasteiger partial charge in [0.15, 0.2) is 0 Å². The molecule has 0 radical (unpaired) electrons. The van der Waals surface area contributed by atoms with E-state index >= 15 is 0 Å². The Balaban J connectivity index is 1.75. The van der Waals surface area contributed by atoms with Crippen molar-refractivity contribution in [3.63, 3.8) is 0 Å². The number of methoxy groups -OCH3 is 1. The van der Waals surface area contributed by atoms with Crippen molar-refractivity contribution in [3.05, 3.63) is 54.6 Å². The molecule has 2 aromatic carbocycles. The van der Waals surface area contributed by atoms with Gasteiger partial charge in [-0.3, -0.25) is 9.69 Å². The molecule has 1 aliphatic heterocycles. The smallest absolute Gasteiger partial charge is 0.147 e. The van der Waals surface area contributed by atoms with Crippen LogP contribution in [0.15, 0.2) is 54.6 Å². The summed E-state index contributed by atoms with van der Waals surface area (Å²) in [5.41, 5.74) is 2.71. The molecule has 3 aromatic rings. The zero-order valence-electron chi connectivity index (χ0n) is 16.4. The number of Topliss-reactive ketones (excluding diaryl/α,β-unsaturated/α-hetero) is 1. The molecule has 0 amide bonds. The minimum atomic E-state index is -0.0770. The van der Waals surface area contributed by atoms with Gasteiger partial charge in [-0.2, -0.15) is 0 Å². The highest BCUT2D eigenvalue weighted by Crippen LogP contribution is 2.34. The van der Waals surface area contributed by atoms with Gasteiger partial charge in [0.25, 0.3) is 0 Å². The zero-order valence-corrected chi connectivity index (χ0v) is 16.4. The molecule has 0 spiro atoms. The molecular formula is C23H24N2O3. The van der Waals surface area contributed by atoms with Crippen LogP contribution in [0, 0.1) is 0 Å². The predicted octanol–water partition coefficient (Wildman–Crippen LogP) is 3.95. The number of carbonyl (C=O) groups is 1. The van der Waals surface area contributed by atoms with Gasteiger partial charge in [0.05, 0.1) is 24.4 Å². The Bertz CT molecular complexity index is 1000. The molecule has 1 aliphatic rings. The van der Waals surface area contributed by atoms with Crippen molar-refractivity contribution in [2.24, 2.45) is 0 Å². The van der Waals surface area contributed by atoms with Gasteiger partial charge in [-0.15, -0.1) is 0 Å². The van der Waals surface area contributed by atoms with Crippen molar-refractivity contribution < 1.29 is 14.3 Å². The maximum absolute atomic E-state index is 11.9. The number of rotatable bonds is 5. The van der Waals surface area contributed by atoms with E-state index in [1.165, 1.54) is 0 Å². The Hall–Kier alpha value is -2.92. The predicted molar refractivity (Wildman–Crippen MR) is 110 cm³/mol. The van der Waals surface area contributed by atoms with Crippen molar-refractivity contribution in [2.75, 3.05) is 20.7 Å². The Morgan fingerprint density at radius 2 is 1.93 bits per heavy atom. The molecule has 2 heterocycles. The lowest BCUT2D eigenvalue weighted by molar-refractivity contribution is -0.120. The summed E-state index contributed by atoms with van der Waals surface area (Å²) in [6.45, 7) is 2.37. The van der Waals surface area contributed by atoms with Crippen LogP contribution in [0.1, 0.15) is 13.3 Å². The third kappa shape index (κ3) is 3.58. The van der Waals surface area contributed by atoms with Crippen LogP contribution in [-0.2, 0) is 4.79 Å². The molecule has 0 N–H and O–H groups in total. The van der Waals surface area contributed by atoms with E-state index in [0.29, 0.717) is 6.42 Å². The SMILES string of the molecule is COc1ccc2c(OC3CC(C(C)=O)N(C)C3)cc(-c3ccccc3)nc2c1. The molecule has 4 rings (SSSR count). The van der Waals surface area contributed by atoms with Crippen LogP contribution in [0.25, 0.3) is 22.2 Å². The summed E-state index contributed by atoms with van der Waals surface area (Å²) in [5, 5.41) is 0.939. The number of ketones is 1. The van der Waals surface area contributed by atoms with Crippen LogP contribution in [0.4, 0.5) is 0 Å². The Morgan fingerprint density at radius 3 is 2.61 bits per heavy atom. The Labute approximate surface area is 164 Å². The number of hydrogen-bond donors (Lipinski definition) is 0. The summed E-state index contributed by atoms with van der Waals surface area (Å²) in [6.07, 6.45) is 0.669. The minimum absolute atomic E-state index is 0.0322. The highest BCUT2D eigenvalue weighted by atomic mass is 16.5. The summed E-state index contributed by atoms with van der Waals surface area (Å²) in [6, 6.07) is 17.8. The second-order valence-corrected chi connectivity index (χ2v) is 7.30. The normalized spacial score (nSPS) is 19.7. The number of nitrogens with zero attached hydrogens (tertiary/aromatic N) is 2. The minimum Gasteiger partial charge on any atom is -0.497 e. The van der Waals surface area contributed by atoms with Crippen LogP contribution in [0.2, 0.25) is 0 Å². The van der Waals surface area contributed by atoms with E-state index in [1.807, 2.05) is 61.6 Å². The van der Waals surface area contributed by atoms with Crippen molar-refractivity contribution in [1.29, 1.82) is 0 Å². The van der Waals surface area contributed by atoms with E-state index in [4.69, 9.17) is 14.5 Å². The van der Waals surface area contributed by atoms with Crippen LogP contribution >= 0.6 is 0 Å². The summed E-state index contributed by atoms with van der Waals surface area (Å²) in [7, 11) is 3.62. The average Bonchev–Trinajstić information content (AvgIpc) is 3.08. The number of hydrogen-bond acceptors (Lipinski definition) is 5. The first-order valence-electron chi connectivity index (χ1n) is 9.46. The summed E-state index contributed by atoms with van der Waals surface area (Å²) < 4.78 is 11.8. The molecule has 28 heavy (non-hydrogen) atoms. The third-order valence-electron chi connectivity index (χ3n) is 5.32. The third-order valence-corrected chi connectivity index (χ3v) is 5.32. The molecule has 0 bridgehead atoms. The second-order valence-electron chi connectivity index (χ2n) is 7.30. The standard InChI is InChI=1S/C23H24N2O3/c1-15(26)22-12-18(14-25(22)2)28-23-13-20(16-7-5-4-6-8-16)24-21-11-17(27-3)9-10-19(21)23/h4-11,13,18,22H,12,14H2,1-3H3. The highest BCUT2D eigenvalue weighted by Gasteiger charge is 2.34. The van der Waals surface area contributed by atoms with E-state index < -0.39 is 0 Å². The summed E-state index contributed by atoms with van der Waals surface area (Å²) in [5.74, 6) is 1.73. The van der Waals surface area contributed by atoms with Gasteiger partial charge in [-0.05, 0) is 26.1 Å². The van der Waals surface area contributed by atoms with E-state index in [-0.39, 0.29) is 17.9 Å². The molecule has 5 heteroatoms. The summed E-state index contributed by atoms with van der Waals surface area (Å²) in [4.78, 5) is 18.7. The number of pyridine rings is 1. The van der Waals surface area contributed by atoms with Gasteiger partial charge in [0.1, 0.15) is 23.4 Å². The lowest BCUT2D eigenvalue weighted by atomic mass is 10.1. The lowest BCUT2D eigenvalue weighted by Crippen LogP contribution is -2.31. The molecule has 0 saturated carbocycles. The molecule has 1 saturated heterocycles. The molecule has 1 aromatic heterocycles.